The normalized spacial score (nSPS) is 11.5. The average Bonchev–Trinajstić information content (AvgIpc) is 2.74. The molecule has 0 saturated heterocycles. The first kappa shape index (κ1) is 22.1. The quantitative estimate of drug-likeness (QED) is 0.385. The minimum Gasteiger partial charge on any atom is -0.495 e. The Bertz CT molecular complexity index is 1320. The zero-order valence-electron chi connectivity index (χ0n) is 16.0. The van der Waals surface area contributed by atoms with Crippen LogP contribution in [0.25, 0.3) is 0 Å². The van der Waals surface area contributed by atoms with Crippen molar-refractivity contribution in [3.63, 3.8) is 0 Å². The van der Waals surface area contributed by atoms with Gasteiger partial charge >= 0.3 is 0 Å². The summed E-state index contributed by atoms with van der Waals surface area (Å²) in [5.74, 6) is 0.340. The van der Waals surface area contributed by atoms with Gasteiger partial charge < -0.3 is 4.74 Å². The van der Waals surface area contributed by atoms with Crippen molar-refractivity contribution >= 4 is 37.1 Å². The van der Waals surface area contributed by atoms with Crippen molar-refractivity contribution in [1.29, 1.82) is 0 Å². The zero-order chi connectivity index (χ0) is 22.6. The lowest BCUT2D eigenvalue weighted by Gasteiger charge is -2.12. The van der Waals surface area contributed by atoms with Crippen LogP contribution in [0.2, 0.25) is 0 Å². The van der Waals surface area contributed by atoms with Crippen molar-refractivity contribution in [2.45, 2.75) is 9.79 Å². The van der Waals surface area contributed by atoms with Crippen LogP contribution >= 0.6 is 0 Å². The molecule has 12 heteroatoms. The summed E-state index contributed by atoms with van der Waals surface area (Å²) in [7, 11) is -6.66. The molecule has 3 aromatic rings. The maximum atomic E-state index is 12.6. The second kappa shape index (κ2) is 8.62. The third-order valence-corrected chi connectivity index (χ3v) is 6.87. The number of nitrogens with zero attached hydrogens (tertiary/aromatic N) is 1. The lowest BCUT2D eigenvalue weighted by atomic mass is 10.3. The second-order valence-corrected chi connectivity index (χ2v) is 9.55. The number of methoxy groups -OCH3 is 1. The highest BCUT2D eigenvalue weighted by atomic mass is 32.2. The van der Waals surface area contributed by atoms with Gasteiger partial charge in [0.25, 0.3) is 25.7 Å². The van der Waals surface area contributed by atoms with E-state index in [0.717, 1.165) is 6.07 Å². The molecule has 0 unspecified atom stereocenters. The van der Waals surface area contributed by atoms with E-state index in [4.69, 9.17) is 4.74 Å². The Balaban J connectivity index is 1.81. The number of nitrogens with one attached hydrogen (secondary N) is 2. The van der Waals surface area contributed by atoms with Gasteiger partial charge in [-0.15, -0.1) is 0 Å². The minimum absolute atomic E-state index is 0.0859. The Labute approximate surface area is 178 Å². The fraction of sp³-hybridized carbons (Fsp3) is 0.0526. The van der Waals surface area contributed by atoms with Gasteiger partial charge in [0.1, 0.15) is 5.75 Å². The van der Waals surface area contributed by atoms with Crippen LogP contribution in [0.5, 0.6) is 5.75 Å². The fourth-order valence-electron chi connectivity index (χ4n) is 2.61. The van der Waals surface area contributed by atoms with Crippen LogP contribution in [0.4, 0.5) is 17.1 Å². The highest BCUT2D eigenvalue weighted by Gasteiger charge is 2.19. The summed E-state index contributed by atoms with van der Waals surface area (Å²) in [6, 6.07) is 16.0. The molecule has 3 aromatic carbocycles. The van der Waals surface area contributed by atoms with Crippen LogP contribution in [-0.4, -0.2) is 28.9 Å². The molecule has 0 radical (unpaired) electrons. The number of nitro benzene ring substituents is 1. The van der Waals surface area contributed by atoms with E-state index >= 15 is 0 Å². The van der Waals surface area contributed by atoms with Crippen molar-refractivity contribution in [2.75, 3.05) is 16.6 Å². The van der Waals surface area contributed by atoms with Gasteiger partial charge in [-0.2, -0.15) is 0 Å². The number of rotatable bonds is 8. The Hall–Kier alpha value is -3.64. The summed E-state index contributed by atoms with van der Waals surface area (Å²) in [6.07, 6.45) is 0. The molecule has 0 heterocycles. The molecule has 0 fully saturated rings. The van der Waals surface area contributed by atoms with Crippen LogP contribution < -0.4 is 14.2 Å². The molecule has 0 aromatic heterocycles. The van der Waals surface area contributed by atoms with E-state index in [0.29, 0.717) is 5.75 Å². The highest BCUT2D eigenvalue weighted by molar-refractivity contribution is 7.93. The molecule has 31 heavy (non-hydrogen) atoms. The smallest absolute Gasteiger partial charge is 0.270 e. The average molecular weight is 463 g/mol. The number of ether oxygens (including phenoxy) is 1. The molecule has 0 aliphatic carbocycles. The van der Waals surface area contributed by atoms with E-state index in [1.807, 2.05) is 0 Å². The van der Waals surface area contributed by atoms with E-state index in [2.05, 4.69) is 9.44 Å². The van der Waals surface area contributed by atoms with Crippen molar-refractivity contribution in [1.82, 2.24) is 0 Å². The first-order valence-corrected chi connectivity index (χ1v) is 11.6. The molecule has 0 saturated carbocycles. The predicted octanol–water partition coefficient (Wildman–Crippen LogP) is 3.21. The molecule has 3 rings (SSSR count). The van der Waals surface area contributed by atoms with Crippen LogP contribution in [0.1, 0.15) is 0 Å². The molecular weight excluding hydrogens is 446 g/mol. The molecular formula is C19H17N3O7S2. The number of hydrogen-bond acceptors (Lipinski definition) is 7. The third-order valence-electron chi connectivity index (χ3n) is 4.11. The molecule has 162 valence electrons. The van der Waals surface area contributed by atoms with Gasteiger partial charge in [0.15, 0.2) is 0 Å². The summed E-state index contributed by atoms with van der Waals surface area (Å²) in [4.78, 5) is 9.76. The predicted molar refractivity (Wildman–Crippen MR) is 114 cm³/mol. The van der Waals surface area contributed by atoms with Gasteiger partial charge in [-0.05, 0) is 42.5 Å². The van der Waals surface area contributed by atoms with E-state index in [-0.39, 0.29) is 26.9 Å². The van der Waals surface area contributed by atoms with Gasteiger partial charge in [0.05, 0.1) is 27.5 Å². The molecule has 0 aliphatic rings. The molecule has 0 spiro atoms. The molecule has 0 aliphatic heterocycles. The van der Waals surface area contributed by atoms with Gasteiger partial charge in [-0.25, -0.2) is 16.8 Å². The van der Waals surface area contributed by atoms with Gasteiger partial charge in [-0.3, -0.25) is 19.6 Å². The van der Waals surface area contributed by atoms with Crippen molar-refractivity contribution in [2.24, 2.45) is 0 Å². The zero-order valence-corrected chi connectivity index (χ0v) is 17.7. The van der Waals surface area contributed by atoms with Crippen LogP contribution in [-0.2, 0) is 20.0 Å². The first-order chi connectivity index (χ1) is 14.6. The van der Waals surface area contributed by atoms with E-state index in [1.54, 1.807) is 18.2 Å². The largest absolute Gasteiger partial charge is 0.495 e. The molecule has 10 nitrogen and oxygen atoms in total. The van der Waals surface area contributed by atoms with Gasteiger partial charge in [0, 0.05) is 17.8 Å². The minimum atomic E-state index is -4.11. The van der Waals surface area contributed by atoms with Crippen LogP contribution in [0.15, 0.2) is 82.6 Å². The van der Waals surface area contributed by atoms with Gasteiger partial charge in [-0.1, -0.05) is 18.2 Å². The monoisotopic (exact) mass is 463 g/mol. The lowest BCUT2D eigenvalue weighted by Crippen LogP contribution is -2.15. The lowest BCUT2D eigenvalue weighted by molar-refractivity contribution is -0.385. The molecule has 0 amide bonds. The topological polar surface area (TPSA) is 145 Å². The Morgan fingerprint density at radius 1 is 0.806 bits per heavy atom. The second-order valence-electron chi connectivity index (χ2n) is 6.19. The highest BCUT2D eigenvalue weighted by Crippen LogP contribution is 2.27. The summed E-state index contributed by atoms with van der Waals surface area (Å²) in [5, 5.41) is 10.9. The van der Waals surface area contributed by atoms with E-state index in [1.165, 1.54) is 55.6 Å². The number of non-ortho nitro benzene ring substituents is 1. The molecule has 0 bridgehead atoms. The van der Waals surface area contributed by atoms with Crippen LogP contribution in [0.3, 0.4) is 0 Å². The van der Waals surface area contributed by atoms with Crippen molar-refractivity contribution in [3.05, 3.63) is 82.9 Å². The molecule has 2 N–H and O–H groups in total. The SMILES string of the molecule is COc1ccccc1NS(=O)(=O)c1ccc(NS(=O)(=O)c2cccc([N+](=O)[O-])c2)cc1. The summed E-state index contributed by atoms with van der Waals surface area (Å²) < 4.78 is 60.0. The van der Waals surface area contributed by atoms with Gasteiger partial charge in [0.2, 0.25) is 0 Å². The Morgan fingerprint density at radius 2 is 1.45 bits per heavy atom. The van der Waals surface area contributed by atoms with Crippen molar-refractivity contribution < 1.29 is 26.5 Å². The van der Waals surface area contributed by atoms with E-state index < -0.39 is 25.0 Å². The number of sulfonamides is 2. The first-order valence-electron chi connectivity index (χ1n) is 8.65. The Kier molecular flexibility index (Phi) is 6.13. The Morgan fingerprint density at radius 3 is 2.10 bits per heavy atom. The number of para-hydroxylation sites is 2. The third kappa shape index (κ3) is 5.10. The molecule has 0 atom stereocenters. The maximum absolute atomic E-state index is 12.6. The number of hydrogen-bond donors (Lipinski definition) is 2. The summed E-state index contributed by atoms with van der Waals surface area (Å²) in [5.41, 5.74) is -0.0325. The summed E-state index contributed by atoms with van der Waals surface area (Å²) in [6.45, 7) is 0. The standard InChI is InChI=1S/C19H17N3O7S2/c1-29-19-8-3-2-7-18(19)21-30(25,26)16-11-9-14(10-12-16)20-31(27,28)17-6-4-5-15(13-17)22(23)24/h2-13,20-21H,1H3. The fourth-order valence-corrected chi connectivity index (χ4v) is 4.78. The van der Waals surface area contributed by atoms with E-state index in [9.17, 15) is 26.9 Å². The van der Waals surface area contributed by atoms with Crippen LogP contribution in [0, 0.1) is 10.1 Å². The maximum Gasteiger partial charge on any atom is 0.270 e. The van der Waals surface area contributed by atoms with Crippen molar-refractivity contribution in [3.8, 4) is 5.75 Å². The number of benzene rings is 3. The number of nitro groups is 1. The summed E-state index contributed by atoms with van der Waals surface area (Å²) >= 11 is 0. The number of anilines is 2.